The Balaban J connectivity index is 1.57. The van der Waals surface area contributed by atoms with Crippen LogP contribution in [0.4, 0.5) is 5.13 Å². The summed E-state index contributed by atoms with van der Waals surface area (Å²) in [7, 11) is 0. The summed E-state index contributed by atoms with van der Waals surface area (Å²) in [6.45, 7) is 4.16. The normalized spacial score (nSPS) is 10.8. The van der Waals surface area contributed by atoms with Gasteiger partial charge in [-0.3, -0.25) is 10.1 Å². The van der Waals surface area contributed by atoms with Gasteiger partial charge in [-0.05, 0) is 39.5 Å². The van der Waals surface area contributed by atoms with Crippen LogP contribution in [0.25, 0.3) is 10.6 Å². The van der Waals surface area contributed by atoms with E-state index in [0.717, 1.165) is 15.0 Å². The van der Waals surface area contributed by atoms with Crippen LogP contribution in [0.2, 0.25) is 0 Å². The Labute approximate surface area is 164 Å². The highest BCUT2D eigenvalue weighted by Gasteiger charge is 2.11. The van der Waals surface area contributed by atoms with Crippen molar-refractivity contribution < 1.29 is 9.53 Å². The van der Waals surface area contributed by atoms with E-state index in [1.807, 2.05) is 48.5 Å². The molecule has 0 saturated heterocycles. The van der Waals surface area contributed by atoms with Gasteiger partial charge in [0.05, 0.1) is 4.47 Å². The van der Waals surface area contributed by atoms with Crippen LogP contribution in [0.15, 0.2) is 53.0 Å². The molecule has 3 aromatic rings. The topological polar surface area (TPSA) is 64.1 Å². The first-order valence-electron chi connectivity index (χ1n) is 8.14. The molecule has 5 nitrogen and oxygen atoms in total. The number of halogens is 1. The lowest BCUT2D eigenvalue weighted by Gasteiger charge is -2.11. The van der Waals surface area contributed by atoms with Crippen LogP contribution in [0, 0.1) is 0 Å². The predicted molar refractivity (Wildman–Crippen MR) is 108 cm³/mol. The molecule has 0 aliphatic heterocycles. The number of hydrogen-bond acceptors (Lipinski definition) is 5. The predicted octanol–water partition coefficient (Wildman–Crippen LogP) is 5.11. The average molecular weight is 432 g/mol. The second kappa shape index (κ2) is 8.42. The highest BCUT2D eigenvalue weighted by Crippen LogP contribution is 2.29. The number of anilines is 1. The summed E-state index contributed by atoms with van der Waals surface area (Å²) >= 11 is 4.81. The van der Waals surface area contributed by atoms with E-state index in [4.69, 9.17) is 4.74 Å². The summed E-state index contributed by atoms with van der Waals surface area (Å²) in [4.78, 5) is 12.1. The number of aromatic nitrogens is 2. The quantitative estimate of drug-likeness (QED) is 0.588. The van der Waals surface area contributed by atoms with Crippen molar-refractivity contribution in [2.45, 2.75) is 19.8 Å². The first-order valence-corrected chi connectivity index (χ1v) is 9.75. The number of carbonyl (C=O) groups is 1. The van der Waals surface area contributed by atoms with Crippen LogP contribution in [-0.4, -0.2) is 22.7 Å². The number of rotatable bonds is 6. The van der Waals surface area contributed by atoms with E-state index in [1.54, 1.807) is 0 Å². The largest absolute Gasteiger partial charge is 0.483 e. The van der Waals surface area contributed by atoms with Crippen LogP contribution in [0.1, 0.15) is 25.3 Å². The second-order valence-corrected chi connectivity index (χ2v) is 7.79. The molecule has 3 rings (SSSR count). The molecule has 1 N–H and O–H groups in total. The van der Waals surface area contributed by atoms with Crippen molar-refractivity contribution in [2.75, 3.05) is 11.9 Å². The summed E-state index contributed by atoms with van der Waals surface area (Å²) in [6.07, 6.45) is 0. The maximum atomic E-state index is 12.1. The van der Waals surface area contributed by atoms with E-state index >= 15 is 0 Å². The van der Waals surface area contributed by atoms with Crippen molar-refractivity contribution in [1.29, 1.82) is 0 Å². The first-order chi connectivity index (χ1) is 12.5. The third-order valence-electron chi connectivity index (χ3n) is 3.67. The molecule has 0 saturated carbocycles. The standard InChI is InChI=1S/C19H18BrN3O2S/c1-12(2)14-8-9-16(15(20)10-14)25-11-17(24)21-19-23-22-18(26-19)13-6-4-3-5-7-13/h3-10,12H,11H2,1-2H3,(H,21,23,24). The molecule has 1 heterocycles. The molecule has 134 valence electrons. The Hall–Kier alpha value is -2.25. The van der Waals surface area contributed by atoms with E-state index in [9.17, 15) is 4.79 Å². The van der Waals surface area contributed by atoms with Gasteiger partial charge in [0.15, 0.2) is 6.61 Å². The molecule has 0 aliphatic rings. The van der Waals surface area contributed by atoms with Crippen molar-refractivity contribution >= 4 is 38.3 Å². The SMILES string of the molecule is CC(C)c1ccc(OCC(=O)Nc2nnc(-c3ccccc3)s2)c(Br)c1. The minimum Gasteiger partial charge on any atom is -0.483 e. The Morgan fingerprint density at radius 1 is 1.19 bits per heavy atom. The van der Waals surface area contributed by atoms with Crippen molar-refractivity contribution in [3.05, 3.63) is 58.6 Å². The van der Waals surface area contributed by atoms with Gasteiger partial charge in [0.1, 0.15) is 10.8 Å². The molecule has 0 radical (unpaired) electrons. The van der Waals surface area contributed by atoms with Crippen LogP contribution in [0.5, 0.6) is 5.75 Å². The molecule has 7 heteroatoms. The van der Waals surface area contributed by atoms with Gasteiger partial charge >= 0.3 is 0 Å². The van der Waals surface area contributed by atoms with Crippen LogP contribution < -0.4 is 10.1 Å². The number of benzene rings is 2. The van der Waals surface area contributed by atoms with Gasteiger partial charge in [-0.1, -0.05) is 61.6 Å². The highest BCUT2D eigenvalue weighted by molar-refractivity contribution is 9.10. The van der Waals surface area contributed by atoms with Gasteiger partial charge in [-0.15, -0.1) is 10.2 Å². The summed E-state index contributed by atoms with van der Waals surface area (Å²) < 4.78 is 6.43. The molecule has 0 fully saturated rings. The van der Waals surface area contributed by atoms with Gasteiger partial charge < -0.3 is 4.74 Å². The smallest absolute Gasteiger partial charge is 0.264 e. The number of nitrogens with one attached hydrogen (secondary N) is 1. The summed E-state index contributed by atoms with van der Waals surface area (Å²) in [5.74, 6) is 0.784. The Morgan fingerprint density at radius 2 is 1.96 bits per heavy atom. The zero-order chi connectivity index (χ0) is 18.5. The fraction of sp³-hybridized carbons (Fsp3) is 0.211. The lowest BCUT2D eigenvalue weighted by Crippen LogP contribution is -2.20. The molecule has 1 aromatic heterocycles. The lowest BCUT2D eigenvalue weighted by atomic mass is 10.0. The van der Waals surface area contributed by atoms with Crippen molar-refractivity contribution in [1.82, 2.24) is 10.2 Å². The molecule has 26 heavy (non-hydrogen) atoms. The third-order valence-corrected chi connectivity index (χ3v) is 5.18. The molecular formula is C19H18BrN3O2S. The number of hydrogen-bond donors (Lipinski definition) is 1. The minimum atomic E-state index is -0.277. The highest BCUT2D eigenvalue weighted by atomic mass is 79.9. The van der Waals surface area contributed by atoms with E-state index < -0.39 is 0 Å². The van der Waals surface area contributed by atoms with Gasteiger partial charge in [-0.2, -0.15) is 0 Å². The molecule has 1 amide bonds. The molecule has 0 spiro atoms. The molecule has 0 aliphatic carbocycles. The first kappa shape index (κ1) is 18.5. The van der Waals surface area contributed by atoms with Crippen molar-refractivity contribution in [3.8, 4) is 16.3 Å². The molecule has 0 atom stereocenters. The third kappa shape index (κ3) is 4.68. The van der Waals surface area contributed by atoms with Gasteiger partial charge in [-0.25, -0.2) is 0 Å². The van der Waals surface area contributed by atoms with Crippen molar-refractivity contribution in [2.24, 2.45) is 0 Å². The summed E-state index contributed by atoms with van der Waals surface area (Å²) in [5, 5.41) is 12.0. The van der Waals surface area contributed by atoms with Crippen LogP contribution in [-0.2, 0) is 4.79 Å². The van der Waals surface area contributed by atoms with E-state index in [1.165, 1.54) is 16.9 Å². The van der Waals surface area contributed by atoms with E-state index in [-0.39, 0.29) is 12.5 Å². The fourth-order valence-corrected chi connectivity index (χ4v) is 3.54. The van der Waals surface area contributed by atoms with Gasteiger partial charge in [0, 0.05) is 5.56 Å². The monoisotopic (exact) mass is 431 g/mol. The maximum absolute atomic E-state index is 12.1. The van der Waals surface area contributed by atoms with E-state index in [2.05, 4.69) is 45.3 Å². The maximum Gasteiger partial charge on any atom is 0.264 e. The molecule has 0 bridgehead atoms. The molecular weight excluding hydrogens is 414 g/mol. The number of carbonyl (C=O) groups excluding carboxylic acids is 1. The van der Waals surface area contributed by atoms with Gasteiger partial charge in [0.2, 0.25) is 5.13 Å². The molecule has 0 unspecified atom stereocenters. The van der Waals surface area contributed by atoms with Crippen LogP contribution in [0.3, 0.4) is 0 Å². The summed E-state index contributed by atoms with van der Waals surface area (Å²) in [5.41, 5.74) is 2.17. The fourth-order valence-electron chi connectivity index (χ4n) is 2.26. The van der Waals surface area contributed by atoms with Crippen LogP contribution >= 0.6 is 27.3 Å². The lowest BCUT2D eigenvalue weighted by molar-refractivity contribution is -0.118. The zero-order valence-electron chi connectivity index (χ0n) is 14.4. The molecule has 2 aromatic carbocycles. The minimum absolute atomic E-state index is 0.0973. The number of nitrogens with zero attached hydrogens (tertiary/aromatic N) is 2. The Bertz CT molecular complexity index is 897. The second-order valence-electron chi connectivity index (χ2n) is 5.96. The van der Waals surface area contributed by atoms with Crippen molar-refractivity contribution in [3.63, 3.8) is 0 Å². The number of amides is 1. The average Bonchev–Trinajstić information content (AvgIpc) is 3.09. The van der Waals surface area contributed by atoms with E-state index in [0.29, 0.717) is 16.8 Å². The zero-order valence-corrected chi connectivity index (χ0v) is 16.8. The Morgan fingerprint density at radius 3 is 2.65 bits per heavy atom. The van der Waals surface area contributed by atoms with Gasteiger partial charge in [0.25, 0.3) is 5.91 Å². The Kier molecular flexibility index (Phi) is 6.00. The number of ether oxygens (including phenoxy) is 1. The summed E-state index contributed by atoms with van der Waals surface area (Å²) in [6, 6.07) is 15.6.